The minimum atomic E-state index is -1.02. The van der Waals surface area contributed by atoms with Crippen molar-refractivity contribution in [3.63, 3.8) is 0 Å². The Kier molecular flexibility index (Phi) is 8.48. The van der Waals surface area contributed by atoms with E-state index in [-0.39, 0.29) is 18.4 Å². The topological polar surface area (TPSA) is 43.9 Å². The van der Waals surface area contributed by atoms with Crippen LogP contribution in [0.1, 0.15) is 34.8 Å². The summed E-state index contributed by atoms with van der Waals surface area (Å²) in [7, 11) is 0. The number of hydrogen-bond donors (Lipinski definition) is 0. The lowest BCUT2D eigenvalue weighted by Crippen LogP contribution is -2.38. The Morgan fingerprint density at radius 2 is 1.64 bits per heavy atom. The van der Waals surface area contributed by atoms with Gasteiger partial charge in [0.2, 0.25) is 5.91 Å². The third kappa shape index (κ3) is 6.36. The summed E-state index contributed by atoms with van der Waals surface area (Å²) in [5, 5.41) is 0. The van der Waals surface area contributed by atoms with Gasteiger partial charge in [0.1, 0.15) is 0 Å². The maximum atomic E-state index is 14.3. The second kappa shape index (κ2) is 11.8. The van der Waals surface area contributed by atoms with Gasteiger partial charge in [0.15, 0.2) is 11.6 Å². The Bertz CT molecular complexity index is 1240. The zero-order valence-electron chi connectivity index (χ0n) is 20.1. The molecule has 1 aliphatic heterocycles. The SMILES string of the molecule is CC(=O)N1CCCN(Cc2ccccc2)CCN(C(=O)c2cccc(Br)c2)Cc2cc(F)c(F)cc21. The van der Waals surface area contributed by atoms with Crippen LogP contribution in [0, 0.1) is 11.6 Å². The molecule has 1 heterocycles. The first-order valence-electron chi connectivity index (χ1n) is 11.9. The lowest BCUT2D eigenvalue weighted by atomic mass is 10.1. The van der Waals surface area contributed by atoms with Crippen LogP contribution in [0.15, 0.2) is 71.2 Å². The summed E-state index contributed by atoms with van der Waals surface area (Å²) >= 11 is 3.41. The maximum Gasteiger partial charge on any atom is 0.254 e. The van der Waals surface area contributed by atoms with Gasteiger partial charge in [-0.15, -0.1) is 0 Å². The molecule has 188 valence electrons. The number of nitrogens with zero attached hydrogens (tertiary/aromatic N) is 3. The summed E-state index contributed by atoms with van der Waals surface area (Å²) in [6.45, 7) is 4.16. The van der Waals surface area contributed by atoms with Crippen LogP contribution in [-0.2, 0) is 17.9 Å². The molecule has 0 unspecified atom stereocenters. The zero-order chi connectivity index (χ0) is 25.7. The molecule has 36 heavy (non-hydrogen) atoms. The van der Waals surface area contributed by atoms with Crippen molar-refractivity contribution in [1.29, 1.82) is 0 Å². The molecular weight excluding hydrogens is 528 g/mol. The predicted molar refractivity (Wildman–Crippen MR) is 140 cm³/mol. The molecule has 0 bridgehead atoms. The third-order valence-electron chi connectivity index (χ3n) is 6.30. The fourth-order valence-corrected chi connectivity index (χ4v) is 4.89. The van der Waals surface area contributed by atoms with Gasteiger partial charge < -0.3 is 9.80 Å². The number of rotatable bonds is 3. The van der Waals surface area contributed by atoms with Gasteiger partial charge in [-0.05, 0) is 41.8 Å². The van der Waals surface area contributed by atoms with Crippen LogP contribution in [0.5, 0.6) is 0 Å². The maximum absolute atomic E-state index is 14.3. The number of anilines is 1. The van der Waals surface area contributed by atoms with E-state index in [2.05, 4.69) is 33.0 Å². The Morgan fingerprint density at radius 1 is 0.889 bits per heavy atom. The number of carbonyl (C=O) groups excluding carboxylic acids is 2. The lowest BCUT2D eigenvalue weighted by molar-refractivity contribution is -0.116. The first kappa shape index (κ1) is 26.0. The second-order valence-electron chi connectivity index (χ2n) is 8.92. The number of amides is 2. The van der Waals surface area contributed by atoms with Crippen molar-refractivity contribution in [1.82, 2.24) is 9.80 Å². The first-order valence-corrected chi connectivity index (χ1v) is 12.7. The number of halogens is 3. The molecule has 0 spiro atoms. The molecule has 0 aromatic heterocycles. The van der Waals surface area contributed by atoms with Gasteiger partial charge in [0, 0.05) is 62.3 Å². The number of benzene rings is 3. The van der Waals surface area contributed by atoms with Crippen LogP contribution < -0.4 is 4.90 Å². The molecule has 4 rings (SSSR count). The minimum Gasteiger partial charge on any atom is -0.333 e. The Labute approximate surface area is 218 Å². The van der Waals surface area contributed by atoms with Crippen molar-refractivity contribution >= 4 is 33.4 Å². The van der Waals surface area contributed by atoms with Crippen LogP contribution in [0.3, 0.4) is 0 Å². The highest BCUT2D eigenvalue weighted by molar-refractivity contribution is 9.10. The summed E-state index contributed by atoms with van der Waals surface area (Å²) in [4.78, 5) is 31.5. The molecule has 8 heteroatoms. The van der Waals surface area contributed by atoms with Crippen LogP contribution in [0.2, 0.25) is 0 Å². The fraction of sp³-hybridized carbons (Fsp3) is 0.286. The van der Waals surface area contributed by atoms with Crippen LogP contribution in [-0.4, -0.2) is 47.8 Å². The highest BCUT2D eigenvalue weighted by Gasteiger charge is 2.25. The number of hydrogen-bond acceptors (Lipinski definition) is 3. The average molecular weight is 556 g/mol. The molecule has 3 aromatic carbocycles. The van der Waals surface area contributed by atoms with Gasteiger partial charge in [0.25, 0.3) is 5.91 Å². The normalized spacial score (nSPS) is 15.2. The quantitative estimate of drug-likeness (QED) is 0.420. The van der Waals surface area contributed by atoms with E-state index in [1.807, 2.05) is 24.3 Å². The molecule has 0 saturated heterocycles. The monoisotopic (exact) mass is 555 g/mol. The summed E-state index contributed by atoms with van der Waals surface area (Å²) in [6, 6.07) is 19.3. The predicted octanol–water partition coefficient (Wildman–Crippen LogP) is 5.63. The molecule has 0 radical (unpaired) electrons. The van der Waals surface area contributed by atoms with Crippen molar-refractivity contribution in [2.75, 3.05) is 31.1 Å². The second-order valence-corrected chi connectivity index (χ2v) is 9.83. The van der Waals surface area contributed by atoms with E-state index in [0.29, 0.717) is 56.0 Å². The molecule has 3 aromatic rings. The van der Waals surface area contributed by atoms with Crippen LogP contribution >= 0.6 is 15.9 Å². The van der Waals surface area contributed by atoms with Crippen molar-refractivity contribution in [3.8, 4) is 0 Å². The van der Waals surface area contributed by atoms with E-state index in [9.17, 15) is 18.4 Å². The molecular formula is C28H28BrF2N3O2. The summed E-state index contributed by atoms with van der Waals surface area (Å²) in [6.07, 6.45) is 0.643. The largest absolute Gasteiger partial charge is 0.333 e. The van der Waals surface area contributed by atoms with Crippen molar-refractivity contribution in [2.24, 2.45) is 0 Å². The van der Waals surface area contributed by atoms with Crippen molar-refractivity contribution < 1.29 is 18.4 Å². The minimum absolute atomic E-state index is 0.0425. The van der Waals surface area contributed by atoms with Crippen molar-refractivity contribution in [2.45, 2.75) is 26.4 Å². The molecule has 0 N–H and O–H groups in total. The van der Waals surface area contributed by atoms with Gasteiger partial charge in [-0.1, -0.05) is 52.3 Å². The Morgan fingerprint density at radius 3 is 2.36 bits per heavy atom. The summed E-state index contributed by atoms with van der Waals surface area (Å²) in [5.74, 6) is -2.51. The Balaban J connectivity index is 1.72. The van der Waals surface area contributed by atoms with E-state index in [4.69, 9.17) is 0 Å². The molecule has 0 atom stereocenters. The Hall–Kier alpha value is -3.10. The lowest BCUT2D eigenvalue weighted by Gasteiger charge is -2.28. The van der Waals surface area contributed by atoms with Gasteiger partial charge in [-0.2, -0.15) is 0 Å². The van der Waals surface area contributed by atoms with Crippen LogP contribution in [0.25, 0.3) is 0 Å². The standard InChI is InChI=1S/C28H28BrF2N3O2/c1-20(35)34-12-6-11-32(18-21-7-3-2-4-8-21)13-14-33(28(36)22-9-5-10-24(29)15-22)19-23-16-25(30)26(31)17-27(23)34/h2-5,7-10,15-17H,6,11-14,18-19H2,1H3. The molecule has 0 aliphatic carbocycles. The highest BCUT2D eigenvalue weighted by atomic mass is 79.9. The van der Waals surface area contributed by atoms with Gasteiger partial charge in [-0.25, -0.2) is 8.78 Å². The van der Waals surface area contributed by atoms with E-state index < -0.39 is 11.6 Å². The molecule has 0 fully saturated rings. The van der Waals surface area contributed by atoms with E-state index in [1.165, 1.54) is 11.8 Å². The van der Waals surface area contributed by atoms with Crippen LogP contribution in [0.4, 0.5) is 14.5 Å². The molecule has 1 aliphatic rings. The van der Waals surface area contributed by atoms with Gasteiger partial charge in [-0.3, -0.25) is 14.5 Å². The zero-order valence-corrected chi connectivity index (χ0v) is 21.7. The summed E-state index contributed by atoms with van der Waals surface area (Å²) in [5.41, 5.74) is 2.32. The van der Waals surface area contributed by atoms with E-state index in [0.717, 1.165) is 22.2 Å². The molecule has 2 amide bonds. The van der Waals surface area contributed by atoms with Gasteiger partial charge >= 0.3 is 0 Å². The summed E-state index contributed by atoms with van der Waals surface area (Å²) < 4.78 is 29.4. The fourth-order valence-electron chi connectivity index (χ4n) is 4.49. The third-order valence-corrected chi connectivity index (χ3v) is 6.80. The van der Waals surface area contributed by atoms with Crippen molar-refractivity contribution in [3.05, 3.63) is 99.5 Å². The van der Waals surface area contributed by atoms with E-state index >= 15 is 0 Å². The smallest absolute Gasteiger partial charge is 0.254 e. The highest BCUT2D eigenvalue weighted by Crippen LogP contribution is 2.28. The first-order chi connectivity index (χ1) is 17.3. The van der Waals surface area contributed by atoms with Gasteiger partial charge in [0.05, 0.1) is 5.69 Å². The molecule has 0 saturated carbocycles. The number of fused-ring (bicyclic) bond motifs is 1. The number of carbonyl (C=O) groups is 2. The average Bonchev–Trinajstić information content (AvgIpc) is 2.89. The molecule has 5 nitrogen and oxygen atoms in total. The van der Waals surface area contributed by atoms with E-state index in [1.54, 1.807) is 23.1 Å².